The SMILES string of the molecule is Cc1ccc(Oc2ccc(NC(=O)CCCC(=O)OCC(=O)Nc3ccc(Br)cc3C)cc2)cc1. The van der Waals surface area contributed by atoms with Gasteiger partial charge < -0.3 is 20.1 Å². The second-order valence-corrected chi connectivity index (χ2v) is 8.93. The average molecular weight is 539 g/mol. The molecule has 0 aliphatic heterocycles. The van der Waals surface area contributed by atoms with Crippen LogP contribution in [0.1, 0.15) is 30.4 Å². The molecule has 3 aromatic carbocycles. The van der Waals surface area contributed by atoms with Crippen molar-refractivity contribution in [3.63, 3.8) is 0 Å². The molecule has 0 bridgehead atoms. The molecule has 0 radical (unpaired) electrons. The average Bonchev–Trinajstić information content (AvgIpc) is 2.82. The van der Waals surface area contributed by atoms with Gasteiger partial charge in [0.25, 0.3) is 5.91 Å². The Morgan fingerprint density at radius 1 is 0.800 bits per heavy atom. The van der Waals surface area contributed by atoms with E-state index in [-0.39, 0.29) is 25.4 Å². The van der Waals surface area contributed by atoms with Crippen LogP contribution in [-0.2, 0) is 19.1 Å². The first kappa shape index (κ1) is 26.0. The summed E-state index contributed by atoms with van der Waals surface area (Å²) in [6.07, 6.45) is 0.509. The number of carbonyl (C=O) groups excluding carboxylic acids is 3. The van der Waals surface area contributed by atoms with Gasteiger partial charge in [0.05, 0.1) is 0 Å². The van der Waals surface area contributed by atoms with E-state index in [1.807, 2.05) is 50.2 Å². The van der Waals surface area contributed by atoms with E-state index in [9.17, 15) is 14.4 Å². The van der Waals surface area contributed by atoms with Crippen molar-refractivity contribution in [2.45, 2.75) is 33.1 Å². The van der Waals surface area contributed by atoms with Crippen LogP contribution in [0.15, 0.2) is 71.2 Å². The Morgan fingerprint density at radius 2 is 1.46 bits per heavy atom. The van der Waals surface area contributed by atoms with Gasteiger partial charge in [0, 0.05) is 28.7 Å². The molecule has 3 rings (SSSR count). The lowest BCUT2D eigenvalue weighted by molar-refractivity contribution is -0.147. The van der Waals surface area contributed by atoms with E-state index in [2.05, 4.69) is 26.6 Å². The zero-order valence-electron chi connectivity index (χ0n) is 19.6. The molecule has 35 heavy (non-hydrogen) atoms. The Balaban J connectivity index is 1.33. The summed E-state index contributed by atoms with van der Waals surface area (Å²) < 4.78 is 11.7. The lowest BCUT2D eigenvalue weighted by atomic mass is 10.2. The normalized spacial score (nSPS) is 10.4. The van der Waals surface area contributed by atoms with Crippen LogP contribution in [-0.4, -0.2) is 24.4 Å². The van der Waals surface area contributed by atoms with E-state index in [1.165, 1.54) is 0 Å². The van der Waals surface area contributed by atoms with E-state index >= 15 is 0 Å². The van der Waals surface area contributed by atoms with Crippen LogP contribution >= 0.6 is 15.9 Å². The zero-order valence-corrected chi connectivity index (χ0v) is 21.2. The number of carbonyl (C=O) groups is 3. The van der Waals surface area contributed by atoms with Crippen molar-refractivity contribution in [3.05, 3.63) is 82.3 Å². The number of hydrogen-bond acceptors (Lipinski definition) is 5. The summed E-state index contributed by atoms with van der Waals surface area (Å²) in [5.74, 6) is 0.233. The topological polar surface area (TPSA) is 93.7 Å². The number of halogens is 1. The van der Waals surface area contributed by atoms with Crippen LogP contribution in [0.3, 0.4) is 0 Å². The minimum atomic E-state index is -0.530. The van der Waals surface area contributed by atoms with E-state index in [0.717, 1.165) is 21.3 Å². The Bertz CT molecular complexity index is 1180. The maximum absolute atomic E-state index is 12.2. The lowest BCUT2D eigenvalue weighted by Gasteiger charge is -2.10. The smallest absolute Gasteiger partial charge is 0.306 e. The summed E-state index contributed by atoms with van der Waals surface area (Å²) in [6, 6.07) is 20.2. The van der Waals surface area contributed by atoms with Gasteiger partial charge in [-0.3, -0.25) is 14.4 Å². The van der Waals surface area contributed by atoms with Gasteiger partial charge in [-0.25, -0.2) is 0 Å². The second kappa shape index (κ2) is 12.7. The summed E-state index contributed by atoms with van der Waals surface area (Å²) >= 11 is 3.36. The van der Waals surface area contributed by atoms with Crippen LogP contribution in [0.25, 0.3) is 0 Å². The standard InChI is InChI=1S/C27H27BrN2O5/c1-18-6-11-22(12-7-18)35-23-13-9-21(10-14-23)29-25(31)4-3-5-27(33)34-17-26(32)30-24-15-8-20(28)16-19(24)2/h6-16H,3-5,17H2,1-2H3,(H,29,31)(H,30,32). The highest BCUT2D eigenvalue weighted by Crippen LogP contribution is 2.23. The molecule has 8 heteroatoms. The maximum atomic E-state index is 12.2. The molecule has 2 N–H and O–H groups in total. The molecule has 2 amide bonds. The van der Waals surface area contributed by atoms with Gasteiger partial charge in [0.1, 0.15) is 11.5 Å². The number of esters is 1. The first-order valence-electron chi connectivity index (χ1n) is 11.1. The van der Waals surface area contributed by atoms with Crippen LogP contribution < -0.4 is 15.4 Å². The summed E-state index contributed by atoms with van der Waals surface area (Å²) in [5, 5.41) is 5.49. The molecule has 0 heterocycles. The van der Waals surface area contributed by atoms with E-state index < -0.39 is 11.9 Å². The second-order valence-electron chi connectivity index (χ2n) is 8.01. The highest BCUT2D eigenvalue weighted by atomic mass is 79.9. The van der Waals surface area contributed by atoms with Crippen LogP contribution in [0, 0.1) is 13.8 Å². The molecule has 3 aromatic rings. The van der Waals surface area contributed by atoms with Gasteiger partial charge in [0.2, 0.25) is 5.91 Å². The van der Waals surface area contributed by atoms with Crippen molar-refractivity contribution in [1.82, 2.24) is 0 Å². The summed E-state index contributed by atoms with van der Waals surface area (Å²) in [7, 11) is 0. The van der Waals surface area contributed by atoms with Crippen LogP contribution in [0.4, 0.5) is 11.4 Å². The number of aryl methyl sites for hydroxylation is 2. The molecule has 182 valence electrons. The summed E-state index contributed by atoms with van der Waals surface area (Å²) in [4.78, 5) is 36.1. The Hall–Kier alpha value is -3.65. The van der Waals surface area contributed by atoms with Gasteiger partial charge in [-0.05, 0) is 80.4 Å². The Morgan fingerprint density at radius 3 is 2.11 bits per heavy atom. The molecule has 0 atom stereocenters. The van der Waals surface area contributed by atoms with Crippen molar-refractivity contribution in [3.8, 4) is 11.5 Å². The maximum Gasteiger partial charge on any atom is 0.306 e. The zero-order chi connectivity index (χ0) is 25.2. The monoisotopic (exact) mass is 538 g/mol. The number of benzene rings is 3. The van der Waals surface area contributed by atoms with E-state index in [0.29, 0.717) is 23.5 Å². The lowest BCUT2D eigenvalue weighted by Crippen LogP contribution is -2.21. The van der Waals surface area contributed by atoms with Gasteiger partial charge in [-0.1, -0.05) is 33.6 Å². The number of ether oxygens (including phenoxy) is 2. The molecule has 0 spiro atoms. The number of anilines is 2. The Kier molecular flexibility index (Phi) is 9.43. The highest BCUT2D eigenvalue weighted by Gasteiger charge is 2.11. The Labute approximate surface area is 213 Å². The molecule has 0 saturated carbocycles. The summed E-state index contributed by atoms with van der Waals surface area (Å²) in [6.45, 7) is 3.50. The van der Waals surface area contributed by atoms with Crippen molar-refractivity contribution >= 4 is 45.1 Å². The van der Waals surface area contributed by atoms with Gasteiger partial charge in [-0.2, -0.15) is 0 Å². The first-order chi connectivity index (χ1) is 16.8. The number of nitrogens with one attached hydrogen (secondary N) is 2. The number of rotatable bonds is 10. The quantitative estimate of drug-likeness (QED) is 0.302. The van der Waals surface area contributed by atoms with Crippen molar-refractivity contribution in [2.75, 3.05) is 17.2 Å². The minimum Gasteiger partial charge on any atom is -0.457 e. The fraction of sp³-hybridized carbons (Fsp3) is 0.222. The molecule has 0 aliphatic rings. The highest BCUT2D eigenvalue weighted by molar-refractivity contribution is 9.10. The molecule has 0 saturated heterocycles. The van der Waals surface area contributed by atoms with E-state index in [4.69, 9.17) is 9.47 Å². The molecule has 0 unspecified atom stereocenters. The molecule has 0 aromatic heterocycles. The van der Waals surface area contributed by atoms with E-state index in [1.54, 1.807) is 30.3 Å². The predicted molar refractivity (Wildman–Crippen MR) is 139 cm³/mol. The molecule has 7 nitrogen and oxygen atoms in total. The molecule has 0 aliphatic carbocycles. The molecular weight excluding hydrogens is 512 g/mol. The molecule has 0 fully saturated rings. The first-order valence-corrected chi connectivity index (χ1v) is 11.9. The third-order valence-electron chi connectivity index (χ3n) is 5.01. The largest absolute Gasteiger partial charge is 0.457 e. The molecular formula is C27H27BrN2O5. The van der Waals surface area contributed by atoms with Gasteiger partial charge >= 0.3 is 5.97 Å². The van der Waals surface area contributed by atoms with Gasteiger partial charge in [0.15, 0.2) is 6.61 Å². The van der Waals surface area contributed by atoms with Crippen LogP contribution in [0.5, 0.6) is 11.5 Å². The fourth-order valence-corrected chi connectivity index (χ4v) is 3.61. The van der Waals surface area contributed by atoms with Crippen molar-refractivity contribution in [2.24, 2.45) is 0 Å². The minimum absolute atomic E-state index is 0.0430. The summed E-state index contributed by atoms with van der Waals surface area (Å²) in [5.41, 5.74) is 3.33. The third kappa shape index (κ3) is 8.90. The van der Waals surface area contributed by atoms with Gasteiger partial charge in [-0.15, -0.1) is 0 Å². The predicted octanol–water partition coefficient (Wildman–Crippen LogP) is 6.15. The number of hydrogen-bond donors (Lipinski definition) is 2. The fourth-order valence-electron chi connectivity index (χ4n) is 3.14. The third-order valence-corrected chi connectivity index (χ3v) is 5.50. The van der Waals surface area contributed by atoms with Crippen LogP contribution in [0.2, 0.25) is 0 Å². The van der Waals surface area contributed by atoms with Crippen molar-refractivity contribution in [1.29, 1.82) is 0 Å². The van der Waals surface area contributed by atoms with Crippen molar-refractivity contribution < 1.29 is 23.9 Å². The number of amides is 2.